The molecule has 0 saturated heterocycles. The number of sulfone groups is 1. The molecule has 7 heteroatoms. The predicted molar refractivity (Wildman–Crippen MR) is 80.9 cm³/mol. The number of benzene rings is 2. The lowest BCUT2D eigenvalue weighted by Crippen LogP contribution is -2.09. The first-order valence-electron chi connectivity index (χ1n) is 5.52. The van der Waals surface area contributed by atoms with Gasteiger partial charge < -0.3 is 5.73 Å². The molecule has 0 amide bonds. The Kier molecular flexibility index (Phi) is 4.36. The maximum atomic E-state index is 13.4. The molecule has 0 fully saturated rings. The quantitative estimate of drug-likeness (QED) is 0.827. The average Bonchev–Trinajstić information content (AvgIpc) is 2.34. The maximum absolute atomic E-state index is 13.4. The van der Waals surface area contributed by atoms with Gasteiger partial charge in [0.1, 0.15) is 10.7 Å². The highest BCUT2D eigenvalue weighted by molar-refractivity contribution is 9.10. The Bertz CT molecular complexity index is 745. The monoisotopic (exact) mass is 377 g/mol. The Balaban J connectivity index is 2.50. The van der Waals surface area contributed by atoms with Gasteiger partial charge in [-0.3, -0.25) is 0 Å². The topological polar surface area (TPSA) is 60.2 Å². The minimum absolute atomic E-state index is 0.0533. The Morgan fingerprint density at radius 1 is 1.20 bits per heavy atom. The molecule has 2 N–H and O–H groups in total. The molecule has 2 rings (SSSR count). The highest BCUT2D eigenvalue weighted by Gasteiger charge is 2.23. The first kappa shape index (κ1) is 15.3. The summed E-state index contributed by atoms with van der Waals surface area (Å²) in [6, 6.07) is 8.68. The smallest absolute Gasteiger partial charge is 0.186 e. The van der Waals surface area contributed by atoms with Crippen LogP contribution in [0.3, 0.4) is 0 Å². The predicted octanol–water partition coefficient (Wildman–Crippen LogP) is 3.80. The number of nitrogen functional groups attached to an aromatic ring is 1. The number of anilines is 1. The molecule has 2 aromatic rings. The van der Waals surface area contributed by atoms with Gasteiger partial charge in [0, 0.05) is 0 Å². The molecule has 0 saturated carbocycles. The van der Waals surface area contributed by atoms with E-state index in [-0.39, 0.29) is 25.8 Å². The minimum atomic E-state index is -3.77. The van der Waals surface area contributed by atoms with E-state index in [2.05, 4.69) is 15.9 Å². The fourth-order valence-electron chi connectivity index (χ4n) is 1.79. The molecular formula is C13H10BrClFNO2S. The summed E-state index contributed by atoms with van der Waals surface area (Å²) >= 11 is 8.95. The van der Waals surface area contributed by atoms with Crippen molar-refractivity contribution in [3.8, 4) is 0 Å². The molecule has 0 atom stereocenters. The Morgan fingerprint density at radius 2 is 1.85 bits per heavy atom. The first-order valence-corrected chi connectivity index (χ1v) is 8.35. The number of nitrogens with two attached hydrogens (primary N) is 1. The molecule has 106 valence electrons. The van der Waals surface area contributed by atoms with Gasteiger partial charge in [-0.2, -0.15) is 0 Å². The molecule has 0 bridgehead atoms. The molecular weight excluding hydrogens is 369 g/mol. The third-order valence-corrected chi connectivity index (χ3v) is 5.77. The van der Waals surface area contributed by atoms with Crippen LogP contribution in [0.5, 0.6) is 0 Å². The fourth-order valence-corrected chi connectivity index (χ4v) is 4.50. The Hall–Kier alpha value is -1.11. The summed E-state index contributed by atoms with van der Waals surface area (Å²) in [6.07, 6.45) is 0. The summed E-state index contributed by atoms with van der Waals surface area (Å²) in [5, 5.41) is 0.0533. The van der Waals surface area contributed by atoms with Crippen LogP contribution in [-0.2, 0) is 15.6 Å². The van der Waals surface area contributed by atoms with Gasteiger partial charge in [-0.15, -0.1) is 0 Å². The molecule has 0 spiro atoms. The summed E-state index contributed by atoms with van der Waals surface area (Å²) in [7, 11) is -3.77. The summed E-state index contributed by atoms with van der Waals surface area (Å²) in [5.41, 5.74) is 6.06. The zero-order valence-electron chi connectivity index (χ0n) is 10.1. The van der Waals surface area contributed by atoms with Crippen LogP contribution < -0.4 is 5.73 Å². The van der Waals surface area contributed by atoms with E-state index >= 15 is 0 Å². The SMILES string of the molecule is Nc1cccc(Cl)c1S(=O)(=O)Cc1cccc(F)c1Br. The van der Waals surface area contributed by atoms with E-state index in [1.807, 2.05) is 0 Å². The molecule has 3 nitrogen and oxygen atoms in total. The normalized spacial score (nSPS) is 11.6. The number of rotatable bonds is 3. The van der Waals surface area contributed by atoms with E-state index in [0.717, 1.165) is 0 Å². The van der Waals surface area contributed by atoms with Crippen LogP contribution in [0.1, 0.15) is 5.56 Å². The van der Waals surface area contributed by atoms with Gasteiger partial charge in [0.15, 0.2) is 9.84 Å². The van der Waals surface area contributed by atoms with E-state index in [1.54, 1.807) is 6.07 Å². The lowest BCUT2D eigenvalue weighted by Gasteiger charge is -2.10. The molecule has 20 heavy (non-hydrogen) atoms. The van der Waals surface area contributed by atoms with Crippen LogP contribution >= 0.6 is 27.5 Å². The molecule has 2 aromatic carbocycles. The van der Waals surface area contributed by atoms with Gasteiger partial charge in [0.25, 0.3) is 0 Å². The number of halogens is 3. The maximum Gasteiger partial charge on any atom is 0.186 e. The zero-order chi connectivity index (χ0) is 14.9. The van der Waals surface area contributed by atoms with Crippen molar-refractivity contribution in [3.63, 3.8) is 0 Å². The van der Waals surface area contributed by atoms with Crippen molar-refractivity contribution in [2.75, 3.05) is 5.73 Å². The van der Waals surface area contributed by atoms with Gasteiger partial charge in [-0.1, -0.05) is 29.8 Å². The Labute approximate surface area is 129 Å². The molecule has 0 unspecified atom stereocenters. The molecule has 0 aliphatic heterocycles. The van der Waals surface area contributed by atoms with Gasteiger partial charge in [-0.25, -0.2) is 12.8 Å². The van der Waals surface area contributed by atoms with Gasteiger partial charge in [0.2, 0.25) is 0 Å². The summed E-state index contributed by atoms with van der Waals surface area (Å²) in [5.74, 6) is -0.913. The van der Waals surface area contributed by atoms with Crippen LogP contribution in [0, 0.1) is 5.82 Å². The van der Waals surface area contributed by atoms with Crippen molar-refractivity contribution in [2.45, 2.75) is 10.6 Å². The molecule has 0 aliphatic carbocycles. The van der Waals surface area contributed by atoms with Crippen LogP contribution in [0.15, 0.2) is 45.8 Å². The van der Waals surface area contributed by atoms with Crippen molar-refractivity contribution in [2.24, 2.45) is 0 Å². The van der Waals surface area contributed by atoms with Crippen LogP contribution in [-0.4, -0.2) is 8.42 Å². The van der Waals surface area contributed by atoms with Gasteiger partial charge in [0.05, 0.1) is 20.9 Å². The molecule has 0 radical (unpaired) electrons. The Morgan fingerprint density at radius 3 is 2.50 bits per heavy atom. The van der Waals surface area contributed by atoms with Crippen molar-refractivity contribution in [1.29, 1.82) is 0 Å². The summed E-state index contributed by atoms with van der Waals surface area (Å²) in [6.45, 7) is 0. The van der Waals surface area contributed by atoms with Crippen molar-refractivity contribution < 1.29 is 12.8 Å². The highest BCUT2D eigenvalue weighted by atomic mass is 79.9. The fraction of sp³-hybridized carbons (Fsp3) is 0.0769. The summed E-state index contributed by atoms with van der Waals surface area (Å²) in [4.78, 5) is -0.127. The van der Waals surface area contributed by atoms with Crippen molar-refractivity contribution >= 4 is 43.1 Å². The van der Waals surface area contributed by atoms with Gasteiger partial charge in [-0.05, 0) is 39.7 Å². The number of hydrogen-bond acceptors (Lipinski definition) is 3. The van der Waals surface area contributed by atoms with Crippen molar-refractivity contribution in [3.05, 3.63) is 57.3 Å². The number of hydrogen-bond donors (Lipinski definition) is 1. The van der Waals surface area contributed by atoms with E-state index in [0.29, 0.717) is 5.56 Å². The molecule has 0 heterocycles. The van der Waals surface area contributed by atoms with Crippen LogP contribution in [0.2, 0.25) is 5.02 Å². The van der Waals surface area contributed by atoms with Crippen LogP contribution in [0.25, 0.3) is 0 Å². The standard InChI is InChI=1S/C13H10BrClFNO2S/c14-12-8(3-1-5-10(12)16)7-20(18,19)13-9(15)4-2-6-11(13)17/h1-6H,7,17H2. The van der Waals surface area contributed by atoms with E-state index in [4.69, 9.17) is 17.3 Å². The van der Waals surface area contributed by atoms with Gasteiger partial charge >= 0.3 is 0 Å². The first-order chi connectivity index (χ1) is 9.33. The molecule has 0 aliphatic rings. The molecule has 0 aromatic heterocycles. The third-order valence-electron chi connectivity index (χ3n) is 2.69. The van der Waals surface area contributed by atoms with E-state index < -0.39 is 15.7 Å². The zero-order valence-corrected chi connectivity index (χ0v) is 13.3. The second kappa shape index (κ2) is 5.71. The lowest BCUT2D eigenvalue weighted by atomic mass is 10.2. The van der Waals surface area contributed by atoms with E-state index in [9.17, 15) is 12.8 Å². The second-order valence-electron chi connectivity index (χ2n) is 4.13. The second-order valence-corrected chi connectivity index (χ2v) is 7.26. The average molecular weight is 379 g/mol. The minimum Gasteiger partial charge on any atom is -0.398 e. The van der Waals surface area contributed by atoms with Crippen molar-refractivity contribution in [1.82, 2.24) is 0 Å². The van der Waals surface area contributed by atoms with Crippen LogP contribution in [0.4, 0.5) is 10.1 Å². The lowest BCUT2D eigenvalue weighted by molar-refractivity contribution is 0.594. The summed E-state index contributed by atoms with van der Waals surface area (Å²) < 4.78 is 38.3. The highest BCUT2D eigenvalue weighted by Crippen LogP contribution is 2.31. The largest absolute Gasteiger partial charge is 0.398 e. The van der Waals surface area contributed by atoms with E-state index in [1.165, 1.54) is 30.3 Å². The third kappa shape index (κ3) is 2.97.